The van der Waals surface area contributed by atoms with Crippen LogP contribution in [0.2, 0.25) is 5.02 Å². The lowest BCUT2D eigenvalue weighted by Crippen LogP contribution is -2.47. The summed E-state index contributed by atoms with van der Waals surface area (Å²) in [5, 5.41) is 4.56. The van der Waals surface area contributed by atoms with Crippen molar-refractivity contribution in [1.29, 1.82) is 0 Å². The molecule has 6 nitrogen and oxygen atoms in total. The molecule has 1 aromatic carbocycles. The van der Waals surface area contributed by atoms with Crippen LogP contribution in [-0.2, 0) is 20.8 Å². The first kappa shape index (κ1) is 20.8. The van der Waals surface area contributed by atoms with Crippen molar-refractivity contribution >= 4 is 52.3 Å². The largest absolute Gasteiger partial charge is 0.335 e. The average molecular weight is 445 g/mol. The van der Waals surface area contributed by atoms with Gasteiger partial charge < -0.3 is 0 Å². The molecule has 1 N–H and O–H groups in total. The summed E-state index contributed by atoms with van der Waals surface area (Å²) in [4.78, 5) is 53.2. The fourth-order valence-corrected chi connectivity index (χ4v) is 5.05. The van der Waals surface area contributed by atoms with E-state index in [4.69, 9.17) is 11.6 Å². The van der Waals surface area contributed by atoms with Crippen LogP contribution in [0.5, 0.6) is 0 Å². The SMILES string of the molecule is O=C(NC(=O)N1C(=O)C(C(=O)Cc2cccs2)c2ccc(Cl)cc21)C1CCCCC1. The minimum atomic E-state index is -1.09. The molecular formula is C22H21ClN2O4S. The van der Waals surface area contributed by atoms with Crippen LogP contribution in [0.4, 0.5) is 10.5 Å². The molecule has 1 aromatic heterocycles. The molecule has 2 aliphatic rings. The second-order valence-corrected chi connectivity index (χ2v) is 9.13. The summed E-state index contributed by atoms with van der Waals surface area (Å²) in [6.45, 7) is 0. The van der Waals surface area contributed by atoms with E-state index in [2.05, 4.69) is 5.32 Å². The lowest BCUT2D eigenvalue weighted by Gasteiger charge is -2.22. The van der Waals surface area contributed by atoms with Crippen molar-refractivity contribution in [1.82, 2.24) is 5.32 Å². The van der Waals surface area contributed by atoms with Gasteiger partial charge in [-0.15, -0.1) is 11.3 Å². The van der Waals surface area contributed by atoms with E-state index in [9.17, 15) is 19.2 Å². The third-order valence-corrected chi connectivity index (χ3v) is 6.78. The number of halogens is 1. The van der Waals surface area contributed by atoms with E-state index in [1.54, 1.807) is 12.1 Å². The maximum atomic E-state index is 13.1. The van der Waals surface area contributed by atoms with Crippen molar-refractivity contribution in [2.75, 3.05) is 4.90 Å². The number of carbonyl (C=O) groups is 4. The van der Waals surface area contributed by atoms with Crippen molar-refractivity contribution in [2.45, 2.75) is 44.4 Å². The van der Waals surface area contributed by atoms with Gasteiger partial charge in [0.25, 0.3) is 0 Å². The topological polar surface area (TPSA) is 83.6 Å². The molecule has 1 aliphatic carbocycles. The van der Waals surface area contributed by atoms with Gasteiger partial charge in [-0.2, -0.15) is 0 Å². The second-order valence-electron chi connectivity index (χ2n) is 7.66. The molecule has 1 atom stereocenters. The number of hydrogen-bond donors (Lipinski definition) is 1. The van der Waals surface area contributed by atoms with Crippen molar-refractivity contribution in [3.8, 4) is 0 Å². The van der Waals surface area contributed by atoms with E-state index in [0.717, 1.165) is 41.9 Å². The molecule has 1 fully saturated rings. The van der Waals surface area contributed by atoms with E-state index in [0.29, 0.717) is 10.6 Å². The average Bonchev–Trinajstić information content (AvgIpc) is 3.33. The van der Waals surface area contributed by atoms with Crippen LogP contribution in [-0.4, -0.2) is 23.6 Å². The molecule has 30 heavy (non-hydrogen) atoms. The van der Waals surface area contributed by atoms with Crippen LogP contribution in [0, 0.1) is 5.92 Å². The molecule has 1 saturated carbocycles. The predicted octanol–water partition coefficient (Wildman–Crippen LogP) is 4.46. The van der Waals surface area contributed by atoms with Gasteiger partial charge in [0.05, 0.1) is 5.69 Å². The smallest absolute Gasteiger partial charge is 0.298 e. The number of rotatable bonds is 4. The van der Waals surface area contributed by atoms with Gasteiger partial charge in [0.15, 0.2) is 5.78 Å². The molecule has 1 aliphatic heterocycles. The standard InChI is InChI=1S/C22H21ClN2O4S/c23-14-8-9-16-17(11-14)25(22(29)24-20(27)13-5-2-1-3-6-13)21(28)19(16)18(26)12-15-7-4-10-30-15/h4,7-11,13,19H,1-3,5-6,12H2,(H,24,27,29). The molecule has 4 rings (SSSR count). The number of Topliss-reactive ketones (excluding diaryl/α,β-unsaturated/α-hetero) is 1. The third-order valence-electron chi connectivity index (χ3n) is 5.67. The van der Waals surface area contributed by atoms with Gasteiger partial charge in [-0.25, -0.2) is 9.69 Å². The highest BCUT2D eigenvalue weighted by Gasteiger charge is 2.45. The Bertz CT molecular complexity index is 999. The van der Waals surface area contributed by atoms with E-state index < -0.39 is 17.9 Å². The molecule has 4 amide bonds. The molecule has 2 heterocycles. The van der Waals surface area contributed by atoms with Crippen LogP contribution < -0.4 is 10.2 Å². The molecule has 0 bridgehead atoms. The first-order valence-corrected chi connectivity index (χ1v) is 11.2. The van der Waals surface area contributed by atoms with Crippen LogP contribution in [0.3, 0.4) is 0 Å². The second kappa shape index (κ2) is 8.70. The zero-order valence-corrected chi connectivity index (χ0v) is 17.8. The van der Waals surface area contributed by atoms with Crippen molar-refractivity contribution in [2.24, 2.45) is 5.92 Å². The van der Waals surface area contributed by atoms with E-state index in [-0.39, 0.29) is 29.7 Å². The minimum absolute atomic E-state index is 0.104. The number of amides is 4. The van der Waals surface area contributed by atoms with E-state index in [1.165, 1.54) is 17.4 Å². The Morgan fingerprint density at radius 1 is 1.13 bits per heavy atom. The summed E-state index contributed by atoms with van der Waals surface area (Å²) >= 11 is 7.53. The van der Waals surface area contributed by atoms with Crippen molar-refractivity contribution in [3.63, 3.8) is 0 Å². The Morgan fingerprint density at radius 3 is 2.60 bits per heavy atom. The van der Waals surface area contributed by atoms with Gasteiger partial charge in [0.1, 0.15) is 5.92 Å². The first-order chi connectivity index (χ1) is 14.5. The maximum Gasteiger partial charge on any atom is 0.335 e. The number of hydrogen-bond acceptors (Lipinski definition) is 5. The zero-order chi connectivity index (χ0) is 21.3. The number of urea groups is 1. The third kappa shape index (κ3) is 4.04. The normalized spacial score (nSPS) is 18.9. The Balaban J connectivity index is 1.58. The highest BCUT2D eigenvalue weighted by atomic mass is 35.5. The minimum Gasteiger partial charge on any atom is -0.298 e. The predicted molar refractivity (Wildman–Crippen MR) is 115 cm³/mol. The lowest BCUT2D eigenvalue weighted by atomic mass is 9.89. The van der Waals surface area contributed by atoms with Gasteiger partial charge >= 0.3 is 6.03 Å². The van der Waals surface area contributed by atoms with Crippen LogP contribution in [0.1, 0.15) is 48.5 Å². The molecule has 156 valence electrons. The number of nitrogens with one attached hydrogen (secondary N) is 1. The number of imide groups is 2. The molecule has 0 saturated heterocycles. The van der Waals surface area contributed by atoms with Gasteiger partial charge in [-0.1, -0.05) is 43.0 Å². The molecule has 8 heteroatoms. The number of anilines is 1. The Kier molecular flexibility index (Phi) is 6.01. The monoisotopic (exact) mass is 444 g/mol. The fourth-order valence-electron chi connectivity index (χ4n) is 4.17. The quantitative estimate of drug-likeness (QED) is 0.705. The molecular weight excluding hydrogens is 424 g/mol. The number of nitrogens with zero attached hydrogens (tertiary/aromatic N) is 1. The van der Waals surface area contributed by atoms with Gasteiger partial charge in [0.2, 0.25) is 11.8 Å². The summed E-state index contributed by atoms with van der Waals surface area (Å²) in [7, 11) is 0. The first-order valence-electron chi connectivity index (χ1n) is 9.99. The van der Waals surface area contributed by atoms with Gasteiger partial charge in [0, 0.05) is 22.2 Å². The zero-order valence-electron chi connectivity index (χ0n) is 16.2. The fraction of sp³-hybridized carbons (Fsp3) is 0.364. The lowest BCUT2D eigenvalue weighted by molar-refractivity contribution is -0.127. The maximum absolute atomic E-state index is 13.1. The summed E-state index contributed by atoms with van der Waals surface area (Å²) in [6, 6.07) is 7.52. The van der Waals surface area contributed by atoms with Crippen LogP contribution in [0.15, 0.2) is 35.7 Å². The summed E-state index contributed by atoms with van der Waals surface area (Å²) in [6.07, 6.45) is 4.56. The summed E-state index contributed by atoms with van der Waals surface area (Å²) < 4.78 is 0. The molecule has 1 unspecified atom stereocenters. The van der Waals surface area contributed by atoms with Gasteiger partial charge in [-0.3, -0.25) is 19.7 Å². The van der Waals surface area contributed by atoms with Gasteiger partial charge in [-0.05, 0) is 42.0 Å². The Hall–Kier alpha value is -2.51. The molecule has 0 spiro atoms. The van der Waals surface area contributed by atoms with Crippen LogP contribution >= 0.6 is 22.9 Å². The van der Waals surface area contributed by atoms with Crippen molar-refractivity contribution < 1.29 is 19.2 Å². The number of benzene rings is 1. The van der Waals surface area contributed by atoms with Crippen LogP contribution in [0.25, 0.3) is 0 Å². The number of carbonyl (C=O) groups excluding carboxylic acids is 4. The summed E-state index contributed by atoms with van der Waals surface area (Å²) in [5.74, 6) is -2.63. The highest BCUT2D eigenvalue weighted by molar-refractivity contribution is 7.10. The number of thiophene rings is 1. The molecule has 0 radical (unpaired) electrons. The highest BCUT2D eigenvalue weighted by Crippen LogP contribution is 2.40. The Morgan fingerprint density at radius 2 is 1.90 bits per heavy atom. The van der Waals surface area contributed by atoms with E-state index in [1.807, 2.05) is 17.5 Å². The number of ketones is 1. The molecule has 2 aromatic rings. The van der Waals surface area contributed by atoms with Crippen molar-refractivity contribution in [3.05, 3.63) is 51.2 Å². The van der Waals surface area contributed by atoms with E-state index >= 15 is 0 Å². The summed E-state index contributed by atoms with van der Waals surface area (Å²) in [5.41, 5.74) is 0.692. The number of fused-ring (bicyclic) bond motifs is 1. The Labute approximate surface area is 183 Å².